The van der Waals surface area contributed by atoms with Crippen LogP contribution in [0.5, 0.6) is 5.75 Å². The standard InChI is InChI=1S/C15H13F3N2O/c16-15(17,18)13-3-1-2-12(8-13)10-20-19-9-11-4-6-14(21)7-5-11/h1-9,20-21H,10H2/b19-9+. The molecule has 0 aliphatic heterocycles. The molecule has 0 aliphatic carbocycles. The summed E-state index contributed by atoms with van der Waals surface area (Å²) in [6.07, 6.45) is -2.82. The number of hydrazone groups is 1. The van der Waals surface area contributed by atoms with Crippen LogP contribution in [0.25, 0.3) is 0 Å². The number of nitrogens with one attached hydrogen (secondary N) is 1. The summed E-state index contributed by atoms with van der Waals surface area (Å²) in [5.74, 6) is 0.157. The first-order valence-corrected chi connectivity index (χ1v) is 6.16. The Bertz CT molecular complexity index is 622. The number of benzene rings is 2. The lowest BCUT2D eigenvalue weighted by atomic mass is 10.1. The Labute approximate surface area is 119 Å². The summed E-state index contributed by atoms with van der Waals surface area (Å²) >= 11 is 0. The number of alkyl halides is 3. The van der Waals surface area contributed by atoms with Crippen molar-refractivity contribution in [3.05, 3.63) is 65.2 Å². The Morgan fingerprint density at radius 2 is 1.81 bits per heavy atom. The van der Waals surface area contributed by atoms with E-state index in [1.807, 2.05) is 0 Å². The molecule has 0 aromatic heterocycles. The zero-order valence-electron chi connectivity index (χ0n) is 10.9. The highest BCUT2D eigenvalue weighted by Gasteiger charge is 2.30. The van der Waals surface area contributed by atoms with Gasteiger partial charge in [-0.15, -0.1) is 0 Å². The van der Waals surface area contributed by atoms with E-state index in [-0.39, 0.29) is 12.3 Å². The van der Waals surface area contributed by atoms with Crippen LogP contribution < -0.4 is 5.43 Å². The quantitative estimate of drug-likeness (QED) is 0.669. The van der Waals surface area contributed by atoms with Crippen LogP contribution in [0.15, 0.2) is 53.6 Å². The molecule has 2 aromatic carbocycles. The highest BCUT2D eigenvalue weighted by molar-refractivity contribution is 5.79. The highest BCUT2D eigenvalue weighted by Crippen LogP contribution is 2.29. The Balaban J connectivity index is 1.93. The predicted octanol–water partition coefficient (Wildman–Crippen LogP) is 3.53. The van der Waals surface area contributed by atoms with E-state index in [1.54, 1.807) is 18.2 Å². The Hall–Kier alpha value is -2.50. The van der Waals surface area contributed by atoms with Gasteiger partial charge in [0.1, 0.15) is 5.75 Å². The Kier molecular flexibility index (Phi) is 4.47. The molecule has 6 heteroatoms. The molecule has 110 valence electrons. The maximum absolute atomic E-state index is 12.5. The molecule has 0 bridgehead atoms. The van der Waals surface area contributed by atoms with Gasteiger partial charge in [0, 0.05) is 0 Å². The van der Waals surface area contributed by atoms with Crippen molar-refractivity contribution in [2.75, 3.05) is 0 Å². The fourth-order valence-electron chi connectivity index (χ4n) is 1.68. The summed E-state index contributed by atoms with van der Waals surface area (Å²) < 4.78 is 37.6. The van der Waals surface area contributed by atoms with E-state index in [2.05, 4.69) is 10.5 Å². The molecule has 0 heterocycles. The van der Waals surface area contributed by atoms with E-state index < -0.39 is 11.7 Å². The third kappa shape index (κ3) is 4.52. The predicted molar refractivity (Wildman–Crippen MR) is 74.0 cm³/mol. The molecule has 2 rings (SSSR count). The number of halogens is 3. The zero-order chi connectivity index (χ0) is 15.3. The molecule has 0 fully saturated rings. The second-order valence-corrected chi connectivity index (χ2v) is 4.38. The molecule has 21 heavy (non-hydrogen) atoms. The molecular weight excluding hydrogens is 281 g/mol. The van der Waals surface area contributed by atoms with Crippen molar-refractivity contribution in [3.8, 4) is 5.75 Å². The van der Waals surface area contributed by atoms with Gasteiger partial charge in [0.2, 0.25) is 0 Å². The van der Waals surface area contributed by atoms with Crippen LogP contribution in [0.2, 0.25) is 0 Å². The first-order chi connectivity index (χ1) is 9.95. The van der Waals surface area contributed by atoms with Crippen molar-refractivity contribution in [1.29, 1.82) is 0 Å². The molecule has 0 spiro atoms. The van der Waals surface area contributed by atoms with Crippen LogP contribution in [0.4, 0.5) is 13.2 Å². The normalized spacial score (nSPS) is 11.8. The Morgan fingerprint density at radius 1 is 1.10 bits per heavy atom. The van der Waals surface area contributed by atoms with Gasteiger partial charge in [0.25, 0.3) is 0 Å². The van der Waals surface area contributed by atoms with Gasteiger partial charge < -0.3 is 10.5 Å². The average molecular weight is 294 g/mol. The van der Waals surface area contributed by atoms with Crippen molar-refractivity contribution in [3.63, 3.8) is 0 Å². The summed E-state index contributed by atoms with van der Waals surface area (Å²) in [5.41, 5.74) is 3.27. The third-order valence-electron chi connectivity index (χ3n) is 2.74. The van der Waals surface area contributed by atoms with Crippen LogP contribution in [-0.2, 0) is 12.7 Å². The van der Waals surface area contributed by atoms with Crippen LogP contribution in [0.3, 0.4) is 0 Å². The maximum atomic E-state index is 12.5. The molecule has 0 atom stereocenters. The van der Waals surface area contributed by atoms with Crippen molar-refractivity contribution in [2.45, 2.75) is 12.7 Å². The number of phenols is 1. The summed E-state index contributed by atoms with van der Waals surface area (Å²) in [6.45, 7) is 0.193. The highest BCUT2D eigenvalue weighted by atomic mass is 19.4. The Morgan fingerprint density at radius 3 is 2.48 bits per heavy atom. The monoisotopic (exact) mass is 294 g/mol. The van der Waals surface area contributed by atoms with Crippen LogP contribution in [-0.4, -0.2) is 11.3 Å². The molecule has 0 aliphatic rings. The SMILES string of the molecule is Oc1ccc(/C=N/NCc2cccc(C(F)(F)F)c2)cc1. The first kappa shape index (κ1) is 14.9. The minimum atomic E-state index is -4.34. The van der Waals surface area contributed by atoms with Gasteiger partial charge in [-0.1, -0.05) is 12.1 Å². The minimum Gasteiger partial charge on any atom is -0.508 e. The smallest absolute Gasteiger partial charge is 0.416 e. The molecule has 0 saturated heterocycles. The van der Waals surface area contributed by atoms with Crippen molar-refractivity contribution >= 4 is 6.21 Å². The minimum absolute atomic E-state index is 0.157. The van der Waals surface area contributed by atoms with Gasteiger partial charge in [0.05, 0.1) is 18.3 Å². The van der Waals surface area contributed by atoms with Crippen LogP contribution in [0.1, 0.15) is 16.7 Å². The molecule has 2 aromatic rings. The number of hydrogen-bond donors (Lipinski definition) is 2. The van der Waals surface area contributed by atoms with E-state index in [0.717, 1.165) is 17.7 Å². The molecule has 0 amide bonds. The summed E-state index contributed by atoms with van der Waals surface area (Å²) in [6, 6.07) is 11.5. The van der Waals surface area contributed by atoms with Crippen molar-refractivity contribution in [1.82, 2.24) is 5.43 Å². The molecule has 0 radical (unpaired) electrons. The molecular formula is C15H13F3N2O. The van der Waals surface area contributed by atoms with Crippen LogP contribution >= 0.6 is 0 Å². The van der Waals surface area contributed by atoms with Gasteiger partial charge in [-0.25, -0.2) is 0 Å². The lowest BCUT2D eigenvalue weighted by molar-refractivity contribution is -0.137. The molecule has 0 unspecified atom stereocenters. The summed E-state index contributed by atoms with van der Waals surface area (Å²) in [5, 5.41) is 13.0. The summed E-state index contributed by atoms with van der Waals surface area (Å²) in [4.78, 5) is 0. The fraction of sp³-hybridized carbons (Fsp3) is 0.133. The van der Waals surface area contributed by atoms with E-state index in [4.69, 9.17) is 5.11 Å². The maximum Gasteiger partial charge on any atom is 0.416 e. The van der Waals surface area contributed by atoms with E-state index in [0.29, 0.717) is 5.56 Å². The number of nitrogens with zero attached hydrogens (tertiary/aromatic N) is 1. The van der Waals surface area contributed by atoms with Crippen molar-refractivity contribution < 1.29 is 18.3 Å². The largest absolute Gasteiger partial charge is 0.508 e. The number of rotatable bonds is 4. The molecule has 3 nitrogen and oxygen atoms in total. The molecule has 0 saturated carbocycles. The number of aromatic hydroxyl groups is 1. The summed E-state index contributed by atoms with van der Waals surface area (Å²) in [7, 11) is 0. The average Bonchev–Trinajstić information content (AvgIpc) is 2.45. The lowest BCUT2D eigenvalue weighted by Gasteiger charge is -2.08. The van der Waals surface area contributed by atoms with E-state index in [1.165, 1.54) is 24.4 Å². The number of hydrogen-bond acceptors (Lipinski definition) is 3. The fourth-order valence-corrected chi connectivity index (χ4v) is 1.68. The second kappa shape index (κ2) is 6.30. The second-order valence-electron chi connectivity index (χ2n) is 4.38. The van der Waals surface area contributed by atoms with E-state index in [9.17, 15) is 13.2 Å². The number of phenolic OH excluding ortho intramolecular Hbond substituents is 1. The van der Waals surface area contributed by atoms with E-state index >= 15 is 0 Å². The van der Waals surface area contributed by atoms with Gasteiger partial charge in [-0.3, -0.25) is 0 Å². The molecule has 2 N–H and O–H groups in total. The zero-order valence-corrected chi connectivity index (χ0v) is 10.9. The van der Waals surface area contributed by atoms with Crippen molar-refractivity contribution in [2.24, 2.45) is 5.10 Å². The van der Waals surface area contributed by atoms with Gasteiger partial charge in [0.15, 0.2) is 0 Å². The van der Waals surface area contributed by atoms with Gasteiger partial charge in [-0.2, -0.15) is 18.3 Å². The first-order valence-electron chi connectivity index (χ1n) is 6.16. The third-order valence-corrected chi connectivity index (χ3v) is 2.74. The van der Waals surface area contributed by atoms with Gasteiger partial charge in [-0.05, 0) is 47.5 Å². The van der Waals surface area contributed by atoms with Gasteiger partial charge >= 0.3 is 6.18 Å². The lowest BCUT2D eigenvalue weighted by Crippen LogP contribution is -2.09. The topological polar surface area (TPSA) is 44.6 Å². The van der Waals surface area contributed by atoms with Crippen LogP contribution in [0, 0.1) is 0 Å².